The normalized spacial score (nSPS) is 21.7. The van der Waals surface area contributed by atoms with Crippen molar-refractivity contribution in [1.82, 2.24) is 4.98 Å². The van der Waals surface area contributed by atoms with Crippen LogP contribution in [0.1, 0.15) is 48.1 Å². The first kappa shape index (κ1) is 24.0. The summed E-state index contributed by atoms with van der Waals surface area (Å²) in [7, 11) is 0. The van der Waals surface area contributed by atoms with Gasteiger partial charge >= 0.3 is 0 Å². The first-order valence-electron chi connectivity index (χ1n) is 14.1. The molecular weight excluding hydrogens is 478 g/mol. The van der Waals surface area contributed by atoms with Crippen molar-refractivity contribution in [3.05, 3.63) is 138 Å². The number of hydrogen-bond donors (Lipinski definition) is 0. The summed E-state index contributed by atoms with van der Waals surface area (Å²) in [5, 5.41) is 1.14. The van der Waals surface area contributed by atoms with Crippen LogP contribution < -0.4 is 9.47 Å². The second-order valence-electron chi connectivity index (χ2n) is 11.1. The molecule has 0 aliphatic heterocycles. The maximum atomic E-state index is 6.59. The molecule has 1 aromatic heterocycles. The third-order valence-corrected chi connectivity index (χ3v) is 8.85. The van der Waals surface area contributed by atoms with E-state index < -0.39 is 0 Å². The van der Waals surface area contributed by atoms with Gasteiger partial charge in [0.2, 0.25) is 0 Å². The Bertz CT molecular complexity index is 1580. The molecule has 7 rings (SSSR count). The zero-order valence-electron chi connectivity index (χ0n) is 22.1. The molecule has 2 aliphatic rings. The highest BCUT2D eigenvalue weighted by Crippen LogP contribution is 2.61. The van der Waals surface area contributed by atoms with E-state index >= 15 is 0 Å². The summed E-state index contributed by atoms with van der Waals surface area (Å²) < 4.78 is 13.0. The average Bonchev–Trinajstić information content (AvgIpc) is 3.63. The van der Waals surface area contributed by atoms with Crippen LogP contribution in [0.25, 0.3) is 10.9 Å². The molecule has 5 aromatic rings. The Hall–Kier alpha value is -4.11. The van der Waals surface area contributed by atoms with Crippen molar-refractivity contribution in [1.29, 1.82) is 0 Å². The minimum absolute atomic E-state index is 0.0588. The molecule has 3 nitrogen and oxygen atoms in total. The van der Waals surface area contributed by atoms with Crippen molar-refractivity contribution >= 4 is 10.9 Å². The molecule has 0 radical (unpaired) electrons. The molecule has 2 aliphatic carbocycles. The molecule has 4 aromatic carbocycles. The van der Waals surface area contributed by atoms with Gasteiger partial charge in [0.15, 0.2) is 0 Å². The molecule has 3 heteroatoms. The highest BCUT2D eigenvalue weighted by molar-refractivity contribution is 5.78. The van der Waals surface area contributed by atoms with Crippen molar-refractivity contribution in [3.8, 4) is 11.5 Å². The lowest BCUT2D eigenvalue weighted by atomic mass is 9.64. The number of pyridine rings is 1. The molecule has 2 bridgehead atoms. The van der Waals surface area contributed by atoms with Crippen molar-refractivity contribution in [2.75, 3.05) is 0 Å². The minimum Gasteiger partial charge on any atom is -0.489 e. The van der Waals surface area contributed by atoms with Gasteiger partial charge in [0.25, 0.3) is 0 Å². The average molecular weight is 512 g/mol. The van der Waals surface area contributed by atoms with Crippen LogP contribution in [0, 0.1) is 11.8 Å². The quantitative estimate of drug-likeness (QED) is 0.209. The maximum Gasteiger partial charge on any atom is 0.130 e. The van der Waals surface area contributed by atoms with Crippen LogP contribution in [-0.4, -0.2) is 4.98 Å². The molecule has 0 saturated heterocycles. The molecule has 2 fully saturated rings. The number of rotatable bonds is 8. The van der Waals surface area contributed by atoms with Gasteiger partial charge in [-0.2, -0.15) is 0 Å². The van der Waals surface area contributed by atoms with Crippen LogP contribution in [0.4, 0.5) is 0 Å². The smallest absolute Gasteiger partial charge is 0.130 e. The van der Waals surface area contributed by atoms with Gasteiger partial charge < -0.3 is 9.47 Å². The van der Waals surface area contributed by atoms with E-state index in [0.29, 0.717) is 19.1 Å². The van der Waals surface area contributed by atoms with Gasteiger partial charge in [-0.15, -0.1) is 0 Å². The summed E-state index contributed by atoms with van der Waals surface area (Å²) in [6.07, 6.45) is 5.06. The molecule has 0 N–H and O–H groups in total. The van der Waals surface area contributed by atoms with E-state index in [0.717, 1.165) is 34.0 Å². The Labute approximate surface area is 230 Å². The predicted molar refractivity (Wildman–Crippen MR) is 156 cm³/mol. The van der Waals surface area contributed by atoms with Crippen LogP contribution >= 0.6 is 0 Å². The summed E-state index contributed by atoms with van der Waals surface area (Å²) >= 11 is 0. The van der Waals surface area contributed by atoms with E-state index in [4.69, 9.17) is 14.5 Å². The van der Waals surface area contributed by atoms with Gasteiger partial charge in [0, 0.05) is 16.4 Å². The first-order chi connectivity index (χ1) is 19.3. The highest BCUT2D eigenvalue weighted by atomic mass is 16.5. The summed E-state index contributed by atoms with van der Waals surface area (Å²) in [4.78, 5) is 4.81. The number of ether oxygens (including phenoxy) is 2. The zero-order chi connectivity index (χ0) is 26.1. The number of hydrogen-bond acceptors (Lipinski definition) is 3. The van der Waals surface area contributed by atoms with E-state index in [2.05, 4.69) is 97.1 Å². The van der Waals surface area contributed by atoms with Crippen LogP contribution in [0.2, 0.25) is 0 Å². The molecule has 39 heavy (non-hydrogen) atoms. The monoisotopic (exact) mass is 511 g/mol. The number of para-hydroxylation sites is 1. The molecule has 3 unspecified atom stereocenters. The number of nitrogens with zero attached hydrogens (tertiary/aromatic N) is 1. The van der Waals surface area contributed by atoms with Crippen LogP contribution in [-0.2, 0) is 18.6 Å². The van der Waals surface area contributed by atoms with Gasteiger partial charge in [-0.25, -0.2) is 4.98 Å². The Morgan fingerprint density at radius 1 is 0.718 bits per heavy atom. The van der Waals surface area contributed by atoms with E-state index in [1.807, 2.05) is 18.2 Å². The van der Waals surface area contributed by atoms with Gasteiger partial charge in [0.05, 0.1) is 11.2 Å². The van der Waals surface area contributed by atoms with Gasteiger partial charge in [0.1, 0.15) is 24.7 Å². The molecule has 194 valence electrons. The number of fused-ring (bicyclic) bond motifs is 3. The number of aromatic nitrogens is 1. The Balaban J connectivity index is 1.25. The lowest BCUT2D eigenvalue weighted by Crippen LogP contribution is -2.34. The zero-order valence-corrected chi connectivity index (χ0v) is 22.1. The standard InChI is InChI=1S/C36H33NO2/c1-3-9-26(10-4-1)24-39-35-20-19-32(38-25-31-18-16-28-11-7-8-14-34(28)37-31)22-33(35)36(29-12-5-2-6-13-29)23-27-15-17-30(36)21-27/h1-14,16,18-20,22,27,30H,15,17,21,23-25H2. The second kappa shape index (κ2) is 10.2. The Kier molecular flexibility index (Phi) is 6.28. The molecular formula is C36H33NO2. The van der Waals surface area contributed by atoms with Gasteiger partial charge in [-0.3, -0.25) is 0 Å². The van der Waals surface area contributed by atoms with E-state index in [-0.39, 0.29) is 5.41 Å². The number of benzene rings is 4. The van der Waals surface area contributed by atoms with Crippen molar-refractivity contribution in [2.45, 2.75) is 44.3 Å². The molecule has 0 spiro atoms. The van der Waals surface area contributed by atoms with Crippen molar-refractivity contribution in [2.24, 2.45) is 11.8 Å². The van der Waals surface area contributed by atoms with E-state index in [9.17, 15) is 0 Å². The van der Waals surface area contributed by atoms with Crippen LogP contribution in [0.5, 0.6) is 11.5 Å². The topological polar surface area (TPSA) is 31.4 Å². The summed E-state index contributed by atoms with van der Waals surface area (Å²) in [6, 6.07) is 40.4. The van der Waals surface area contributed by atoms with Gasteiger partial charge in [-0.05, 0) is 72.6 Å². The van der Waals surface area contributed by atoms with E-state index in [1.165, 1.54) is 42.4 Å². The lowest BCUT2D eigenvalue weighted by molar-refractivity contribution is 0.268. The second-order valence-corrected chi connectivity index (χ2v) is 11.1. The summed E-state index contributed by atoms with van der Waals surface area (Å²) in [5.41, 5.74) is 5.70. The van der Waals surface area contributed by atoms with Crippen LogP contribution in [0.3, 0.4) is 0 Å². The summed E-state index contributed by atoms with van der Waals surface area (Å²) in [6.45, 7) is 0.979. The maximum absolute atomic E-state index is 6.59. The molecule has 0 amide bonds. The van der Waals surface area contributed by atoms with Crippen molar-refractivity contribution < 1.29 is 9.47 Å². The molecule has 2 saturated carbocycles. The minimum atomic E-state index is -0.0588. The third kappa shape index (κ3) is 4.57. The Morgan fingerprint density at radius 3 is 2.31 bits per heavy atom. The van der Waals surface area contributed by atoms with Crippen molar-refractivity contribution in [3.63, 3.8) is 0 Å². The van der Waals surface area contributed by atoms with E-state index in [1.54, 1.807) is 0 Å². The van der Waals surface area contributed by atoms with Gasteiger partial charge in [-0.1, -0.05) is 91.3 Å². The summed E-state index contributed by atoms with van der Waals surface area (Å²) in [5.74, 6) is 3.21. The predicted octanol–water partition coefficient (Wildman–Crippen LogP) is 8.50. The molecule has 1 heterocycles. The fraction of sp³-hybridized carbons (Fsp3) is 0.250. The Morgan fingerprint density at radius 2 is 1.51 bits per heavy atom. The fourth-order valence-electron chi connectivity index (χ4n) is 7.06. The third-order valence-electron chi connectivity index (χ3n) is 8.85. The SMILES string of the molecule is c1ccc(COc2ccc(OCc3ccc4ccccc4n3)cc2C2(c3ccccc3)CC3CCC2C3)cc1. The highest BCUT2D eigenvalue weighted by Gasteiger charge is 2.54. The van der Waals surface area contributed by atoms with Crippen LogP contribution in [0.15, 0.2) is 115 Å². The largest absolute Gasteiger partial charge is 0.489 e. The lowest BCUT2D eigenvalue weighted by Gasteiger charge is -2.40. The fourth-order valence-corrected chi connectivity index (χ4v) is 7.06. The molecule has 3 atom stereocenters. The first-order valence-corrected chi connectivity index (χ1v) is 14.1.